The minimum absolute atomic E-state index is 0.0305. The molecule has 0 unspecified atom stereocenters. The van der Waals surface area contributed by atoms with Gasteiger partial charge in [0.25, 0.3) is 11.8 Å². The first kappa shape index (κ1) is 18.0. The third-order valence-corrected chi connectivity index (χ3v) is 4.98. The largest absolute Gasteiger partial charge is 0.399 e. The number of nitrogens with two attached hydrogens (primary N) is 1. The molecule has 2 aromatic rings. The predicted octanol–water partition coefficient (Wildman–Crippen LogP) is 3.70. The fourth-order valence-corrected chi connectivity index (χ4v) is 3.23. The van der Waals surface area contributed by atoms with Crippen LogP contribution in [0.4, 0.5) is 11.4 Å². The molecule has 5 heteroatoms. The molecule has 5 nitrogen and oxygen atoms in total. The number of anilines is 2. The average molecular weight is 351 g/mol. The summed E-state index contributed by atoms with van der Waals surface area (Å²) in [7, 11) is 0. The van der Waals surface area contributed by atoms with E-state index in [4.69, 9.17) is 5.73 Å². The Morgan fingerprint density at radius 3 is 2.50 bits per heavy atom. The molecule has 3 N–H and O–H groups in total. The normalized spacial score (nSPS) is 14.9. The summed E-state index contributed by atoms with van der Waals surface area (Å²) in [6.07, 6.45) is 2.03. The van der Waals surface area contributed by atoms with Crippen molar-refractivity contribution in [1.29, 1.82) is 0 Å². The van der Waals surface area contributed by atoms with E-state index < -0.39 is 0 Å². The zero-order valence-corrected chi connectivity index (χ0v) is 15.3. The number of para-hydroxylation sites is 1. The molecule has 1 fully saturated rings. The van der Waals surface area contributed by atoms with E-state index in [2.05, 4.69) is 12.2 Å². The molecule has 1 aliphatic rings. The van der Waals surface area contributed by atoms with Crippen molar-refractivity contribution in [3.05, 3.63) is 59.2 Å². The number of nitrogens with one attached hydrogen (secondary N) is 1. The number of hydrogen-bond donors (Lipinski definition) is 2. The average Bonchev–Trinajstić information content (AvgIpc) is 2.64. The van der Waals surface area contributed by atoms with Gasteiger partial charge in [-0.3, -0.25) is 9.59 Å². The van der Waals surface area contributed by atoms with Gasteiger partial charge in [-0.15, -0.1) is 0 Å². The number of nitrogens with zero attached hydrogens (tertiary/aromatic N) is 1. The maximum absolute atomic E-state index is 12.9. The first-order chi connectivity index (χ1) is 12.5. The van der Waals surface area contributed by atoms with Gasteiger partial charge in [-0.2, -0.15) is 0 Å². The van der Waals surface area contributed by atoms with Gasteiger partial charge in [0.05, 0.1) is 11.3 Å². The lowest BCUT2D eigenvalue weighted by Crippen LogP contribution is -2.38. The summed E-state index contributed by atoms with van der Waals surface area (Å²) in [5, 5.41) is 2.88. The third kappa shape index (κ3) is 3.87. The molecule has 0 aliphatic carbocycles. The Bertz CT molecular complexity index is 824. The molecular formula is C21H25N3O2. The number of likely N-dealkylation sites (tertiary alicyclic amines) is 1. The molecule has 0 aromatic heterocycles. The number of benzene rings is 2. The second-order valence-electron chi connectivity index (χ2n) is 7.05. The number of hydrogen-bond acceptors (Lipinski definition) is 3. The molecule has 1 saturated heterocycles. The van der Waals surface area contributed by atoms with Crippen LogP contribution < -0.4 is 11.1 Å². The molecule has 0 bridgehead atoms. The topological polar surface area (TPSA) is 75.4 Å². The van der Waals surface area contributed by atoms with Crippen molar-refractivity contribution in [3.63, 3.8) is 0 Å². The Morgan fingerprint density at radius 2 is 1.77 bits per heavy atom. The zero-order valence-electron chi connectivity index (χ0n) is 15.3. The lowest BCUT2D eigenvalue weighted by molar-refractivity contribution is 0.0698. The van der Waals surface area contributed by atoms with Gasteiger partial charge in [0.2, 0.25) is 0 Å². The fraction of sp³-hybridized carbons (Fsp3) is 0.333. The van der Waals surface area contributed by atoms with E-state index in [1.165, 1.54) is 0 Å². The van der Waals surface area contributed by atoms with E-state index in [0.29, 0.717) is 28.4 Å². The summed E-state index contributed by atoms with van der Waals surface area (Å²) < 4.78 is 0. The van der Waals surface area contributed by atoms with Gasteiger partial charge in [0.15, 0.2) is 0 Å². The van der Waals surface area contributed by atoms with Gasteiger partial charge < -0.3 is 16.0 Å². The number of aryl methyl sites for hydroxylation is 1. The first-order valence-electron chi connectivity index (χ1n) is 9.01. The molecule has 0 atom stereocenters. The Morgan fingerprint density at radius 1 is 1.08 bits per heavy atom. The second-order valence-corrected chi connectivity index (χ2v) is 7.05. The van der Waals surface area contributed by atoms with Crippen molar-refractivity contribution in [2.45, 2.75) is 26.7 Å². The monoisotopic (exact) mass is 351 g/mol. The highest BCUT2D eigenvalue weighted by molar-refractivity contribution is 6.09. The standard InChI is InChI=1S/C21H25N3O2/c1-14-9-11-24(12-10-14)21(26)17-5-3-4-6-19(17)23-20(25)18-13-16(22)8-7-15(18)2/h3-8,13-14H,9-12,22H2,1-2H3,(H,23,25). The molecule has 1 heterocycles. The van der Waals surface area contributed by atoms with E-state index in [9.17, 15) is 9.59 Å². The Hall–Kier alpha value is -2.82. The van der Waals surface area contributed by atoms with Gasteiger partial charge in [-0.1, -0.05) is 25.1 Å². The van der Waals surface area contributed by atoms with E-state index in [-0.39, 0.29) is 11.8 Å². The Labute approximate surface area is 154 Å². The van der Waals surface area contributed by atoms with Crippen LogP contribution in [0.1, 0.15) is 46.0 Å². The number of amides is 2. The van der Waals surface area contributed by atoms with Gasteiger partial charge in [-0.25, -0.2) is 0 Å². The molecule has 0 radical (unpaired) electrons. The summed E-state index contributed by atoms with van der Waals surface area (Å²) in [5.41, 5.74) is 8.75. The highest BCUT2D eigenvalue weighted by Gasteiger charge is 2.24. The predicted molar refractivity (Wildman–Crippen MR) is 104 cm³/mol. The maximum Gasteiger partial charge on any atom is 0.256 e. The third-order valence-electron chi connectivity index (χ3n) is 4.98. The number of carbonyl (C=O) groups excluding carboxylic acids is 2. The summed E-state index contributed by atoms with van der Waals surface area (Å²) >= 11 is 0. The van der Waals surface area contributed by atoms with Gasteiger partial charge in [0, 0.05) is 24.3 Å². The van der Waals surface area contributed by atoms with E-state index >= 15 is 0 Å². The highest BCUT2D eigenvalue weighted by Crippen LogP contribution is 2.23. The van der Waals surface area contributed by atoms with Crippen molar-refractivity contribution in [2.75, 3.05) is 24.1 Å². The van der Waals surface area contributed by atoms with Crippen LogP contribution in [0, 0.1) is 12.8 Å². The molecule has 136 valence electrons. The lowest BCUT2D eigenvalue weighted by atomic mass is 9.98. The number of carbonyl (C=O) groups is 2. The van der Waals surface area contributed by atoms with Crippen LogP contribution in [0.15, 0.2) is 42.5 Å². The molecule has 26 heavy (non-hydrogen) atoms. The van der Waals surface area contributed by atoms with Crippen molar-refractivity contribution in [2.24, 2.45) is 5.92 Å². The van der Waals surface area contributed by atoms with E-state index in [0.717, 1.165) is 31.5 Å². The summed E-state index contributed by atoms with van der Waals surface area (Å²) in [6, 6.07) is 12.4. The van der Waals surface area contributed by atoms with Crippen LogP contribution in [-0.2, 0) is 0 Å². The summed E-state index contributed by atoms with van der Waals surface area (Å²) in [5.74, 6) is 0.361. The minimum atomic E-state index is -0.262. The molecule has 2 aromatic carbocycles. The smallest absolute Gasteiger partial charge is 0.256 e. The molecular weight excluding hydrogens is 326 g/mol. The molecule has 0 saturated carbocycles. The lowest BCUT2D eigenvalue weighted by Gasteiger charge is -2.30. The molecule has 3 rings (SSSR count). The van der Waals surface area contributed by atoms with Crippen LogP contribution in [0.5, 0.6) is 0 Å². The van der Waals surface area contributed by atoms with Crippen molar-refractivity contribution in [1.82, 2.24) is 4.90 Å². The number of nitrogen functional groups attached to an aromatic ring is 1. The van der Waals surface area contributed by atoms with Crippen LogP contribution >= 0.6 is 0 Å². The molecule has 0 spiro atoms. The number of rotatable bonds is 3. The van der Waals surface area contributed by atoms with Gasteiger partial charge in [0.1, 0.15) is 0 Å². The SMILES string of the molecule is Cc1ccc(N)cc1C(=O)Nc1ccccc1C(=O)N1CCC(C)CC1. The van der Waals surface area contributed by atoms with Crippen LogP contribution in [0.25, 0.3) is 0 Å². The summed E-state index contributed by atoms with van der Waals surface area (Å²) in [4.78, 5) is 27.5. The number of piperidine rings is 1. The molecule has 1 aliphatic heterocycles. The highest BCUT2D eigenvalue weighted by atomic mass is 16.2. The van der Waals surface area contributed by atoms with E-state index in [1.807, 2.05) is 30.0 Å². The fourth-order valence-electron chi connectivity index (χ4n) is 3.23. The van der Waals surface area contributed by atoms with Crippen LogP contribution in [0.3, 0.4) is 0 Å². The second kappa shape index (κ2) is 7.60. The first-order valence-corrected chi connectivity index (χ1v) is 9.01. The van der Waals surface area contributed by atoms with Crippen molar-refractivity contribution >= 4 is 23.2 Å². The Balaban J connectivity index is 1.82. The minimum Gasteiger partial charge on any atom is -0.399 e. The van der Waals surface area contributed by atoms with Crippen molar-refractivity contribution < 1.29 is 9.59 Å². The van der Waals surface area contributed by atoms with E-state index in [1.54, 1.807) is 24.3 Å². The van der Waals surface area contributed by atoms with Crippen molar-refractivity contribution in [3.8, 4) is 0 Å². The van der Waals surface area contributed by atoms with Crippen LogP contribution in [-0.4, -0.2) is 29.8 Å². The van der Waals surface area contributed by atoms with Gasteiger partial charge in [-0.05, 0) is 55.5 Å². The zero-order chi connectivity index (χ0) is 18.7. The maximum atomic E-state index is 12.9. The summed E-state index contributed by atoms with van der Waals surface area (Å²) in [6.45, 7) is 5.59. The molecule has 2 amide bonds. The Kier molecular flexibility index (Phi) is 5.26. The van der Waals surface area contributed by atoms with Gasteiger partial charge >= 0.3 is 0 Å². The van der Waals surface area contributed by atoms with Crippen LogP contribution in [0.2, 0.25) is 0 Å². The quantitative estimate of drug-likeness (QED) is 0.828.